The van der Waals surface area contributed by atoms with Crippen LogP contribution in [0.1, 0.15) is 0 Å². The fraction of sp³-hybridized carbons (Fsp3) is 0. The predicted octanol–water partition coefficient (Wildman–Crippen LogP) is 3.95. The summed E-state index contributed by atoms with van der Waals surface area (Å²) in [5, 5.41) is 1.78. The van der Waals surface area contributed by atoms with Gasteiger partial charge in [-0.15, -0.1) is 0 Å². The minimum absolute atomic E-state index is 0.729. The Morgan fingerprint density at radius 3 is 2.59 bits per heavy atom. The highest BCUT2D eigenvalue weighted by atomic mass is 35.5. The van der Waals surface area contributed by atoms with Crippen molar-refractivity contribution in [2.75, 3.05) is 0 Å². The maximum atomic E-state index is 5.86. The van der Waals surface area contributed by atoms with Crippen molar-refractivity contribution in [1.29, 1.82) is 0 Å². The molecule has 0 N–H and O–H groups in total. The van der Waals surface area contributed by atoms with Gasteiger partial charge in [0.15, 0.2) is 0 Å². The lowest BCUT2D eigenvalue weighted by Crippen LogP contribution is -1.85. The maximum absolute atomic E-state index is 5.86. The van der Waals surface area contributed by atoms with Gasteiger partial charge in [-0.2, -0.15) is 0 Å². The molecule has 0 bridgehead atoms. The largest absolute Gasteiger partial charge is 0.256 e. The number of hydrogen-bond acceptors (Lipinski definition) is 2. The molecule has 0 aliphatic heterocycles. The number of rotatable bonds is 1. The van der Waals surface area contributed by atoms with Gasteiger partial charge >= 0.3 is 0 Å². The molecule has 1 aromatic carbocycles. The van der Waals surface area contributed by atoms with Crippen molar-refractivity contribution in [1.82, 2.24) is 9.97 Å². The van der Waals surface area contributed by atoms with Crippen LogP contribution in [0, 0.1) is 0 Å². The Morgan fingerprint density at radius 1 is 0.941 bits per heavy atom. The molecule has 0 atom stereocenters. The summed E-state index contributed by atoms with van der Waals surface area (Å²) in [5.74, 6) is 0. The zero-order valence-corrected chi connectivity index (χ0v) is 9.72. The Balaban J connectivity index is 2.14. The van der Waals surface area contributed by atoms with Gasteiger partial charge in [-0.25, -0.2) is 0 Å². The van der Waals surface area contributed by atoms with Crippen LogP contribution in [0.25, 0.3) is 22.2 Å². The average molecular weight is 241 g/mol. The third-order valence-corrected chi connectivity index (χ3v) is 2.88. The number of hydrogen-bond donors (Lipinski definition) is 0. The first-order valence-corrected chi connectivity index (χ1v) is 5.67. The number of benzene rings is 1. The second-order valence-electron chi connectivity index (χ2n) is 3.77. The monoisotopic (exact) mass is 240 g/mol. The highest BCUT2D eigenvalue weighted by molar-refractivity contribution is 6.30. The van der Waals surface area contributed by atoms with Crippen LogP contribution in [0.5, 0.6) is 0 Å². The Kier molecular flexibility index (Phi) is 2.50. The van der Waals surface area contributed by atoms with Crippen LogP contribution in [-0.4, -0.2) is 9.97 Å². The first kappa shape index (κ1) is 10.2. The molecule has 3 rings (SSSR count). The lowest BCUT2D eigenvalue weighted by molar-refractivity contribution is 1.32. The highest BCUT2D eigenvalue weighted by Gasteiger charge is 2.01. The van der Waals surface area contributed by atoms with Crippen molar-refractivity contribution in [2.45, 2.75) is 0 Å². The summed E-state index contributed by atoms with van der Waals surface area (Å²) in [5.41, 5.74) is 2.90. The van der Waals surface area contributed by atoms with E-state index in [9.17, 15) is 0 Å². The van der Waals surface area contributed by atoms with Crippen molar-refractivity contribution < 1.29 is 0 Å². The van der Waals surface area contributed by atoms with Gasteiger partial charge in [0.25, 0.3) is 0 Å². The van der Waals surface area contributed by atoms with Gasteiger partial charge in [0.1, 0.15) is 0 Å². The summed E-state index contributed by atoms with van der Waals surface area (Å²) < 4.78 is 0. The molecule has 2 heterocycles. The quantitative estimate of drug-likeness (QED) is 0.644. The van der Waals surface area contributed by atoms with Crippen molar-refractivity contribution >= 4 is 22.5 Å². The lowest BCUT2D eigenvalue weighted by Gasteiger charge is -2.02. The van der Waals surface area contributed by atoms with Crippen LogP contribution in [-0.2, 0) is 0 Å². The fourth-order valence-corrected chi connectivity index (χ4v) is 1.87. The van der Waals surface area contributed by atoms with E-state index in [1.165, 1.54) is 0 Å². The van der Waals surface area contributed by atoms with Crippen molar-refractivity contribution in [3.8, 4) is 11.3 Å². The second kappa shape index (κ2) is 4.15. The zero-order valence-electron chi connectivity index (χ0n) is 8.97. The van der Waals surface area contributed by atoms with Crippen molar-refractivity contribution in [2.24, 2.45) is 0 Å². The van der Waals surface area contributed by atoms with Crippen LogP contribution in [0.4, 0.5) is 0 Å². The van der Waals surface area contributed by atoms with Crippen LogP contribution >= 0.6 is 11.6 Å². The smallest absolute Gasteiger partial charge is 0.0739 e. The molecule has 3 aromatic rings. The minimum atomic E-state index is 0.729. The molecule has 0 fully saturated rings. The molecule has 0 aliphatic rings. The fourth-order valence-electron chi connectivity index (χ4n) is 1.74. The minimum Gasteiger partial charge on any atom is -0.256 e. The first-order chi connectivity index (χ1) is 8.33. The molecule has 2 nitrogen and oxygen atoms in total. The van der Waals surface area contributed by atoms with E-state index in [1.54, 1.807) is 6.20 Å². The molecule has 0 saturated carbocycles. The van der Waals surface area contributed by atoms with E-state index < -0.39 is 0 Å². The Hall–Kier alpha value is -1.93. The van der Waals surface area contributed by atoms with Gasteiger partial charge < -0.3 is 0 Å². The molecule has 0 amide bonds. The molecule has 17 heavy (non-hydrogen) atoms. The Labute approximate surface area is 104 Å². The second-order valence-corrected chi connectivity index (χ2v) is 4.21. The number of fused-ring (bicyclic) bond motifs is 1. The van der Waals surface area contributed by atoms with E-state index in [1.807, 2.05) is 48.7 Å². The molecular weight excluding hydrogens is 232 g/mol. The summed E-state index contributed by atoms with van der Waals surface area (Å²) in [6.45, 7) is 0. The summed E-state index contributed by atoms with van der Waals surface area (Å²) in [4.78, 5) is 8.74. The summed E-state index contributed by atoms with van der Waals surface area (Å²) >= 11 is 5.86. The standard InChI is InChI=1S/C14H9ClN2/c15-12-5-3-10(4-6-12)13-8-14-11(9-17-13)2-1-7-16-14/h1-9H. The molecule has 0 aliphatic carbocycles. The van der Waals surface area contributed by atoms with E-state index in [-0.39, 0.29) is 0 Å². The van der Waals surface area contributed by atoms with Crippen molar-refractivity contribution in [3.63, 3.8) is 0 Å². The van der Waals surface area contributed by atoms with Gasteiger partial charge in [0.2, 0.25) is 0 Å². The maximum Gasteiger partial charge on any atom is 0.0739 e. The zero-order chi connectivity index (χ0) is 11.7. The average Bonchev–Trinajstić information content (AvgIpc) is 2.39. The van der Waals surface area contributed by atoms with Crippen molar-refractivity contribution in [3.05, 3.63) is 59.9 Å². The molecular formula is C14H9ClN2. The summed E-state index contributed by atoms with van der Waals surface area (Å²) in [7, 11) is 0. The van der Waals surface area contributed by atoms with Crippen LogP contribution in [0.15, 0.2) is 54.9 Å². The van der Waals surface area contributed by atoms with Crippen LogP contribution in [0.2, 0.25) is 5.02 Å². The summed E-state index contributed by atoms with van der Waals surface area (Å²) in [6.07, 6.45) is 3.63. The SMILES string of the molecule is Clc1ccc(-c2cc3ncccc3cn2)cc1. The first-order valence-electron chi connectivity index (χ1n) is 5.30. The molecule has 0 unspecified atom stereocenters. The number of nitrogens with zero attached hydrogens (tertiary/aromatic N) is 2. The van der Waals surface area contributed by atoms with Gasteiger partial charge in [0.05, 0.1) is 11.2 Å². The third kappa shape index (κ3) is 1.99. The highest BCUT2D eigenvalue weighted by Crippen LogP contribution is 2.22. The third-order valence-electron chi connectivity index (χ3n) is 2.63. The number of halogens is 1. The number of aromatic nitrogens is 2. The molecule has 0 radical (unpaired) electrons. The van der Waals surface area contributed by atoms with Gasteiger partial charge in [-0.3, -0.25) is 9.97 Å². The van der Waals surface area contributed by atoms with E-state index in [0.717, 1.165) is 27.2 Å². The topological polar surface area (TPSA) is 25.8 Å². The molecule has 3 heteroatoms. The van der Waals surface area contributed by atoms with E-state index in [4.69, 9.17) is 11.6 Å². The Bertz CT molecular complexity index is 662. The predicted molar refractivity (Wildman–Crippen MR) is 70.0 cm³/mol. The van der Waals surface area contributed by atoms with Crippen LogP contribution in [0.3, 0.4) is 0 Å². The van der Waals surface area contributed by atoms with Gasteiger partial charge in [-0.05, 0) is 30.3 Å². The lowest BCUT2D eigenvalue weighted by atomic mass is 10.1. The van der Waals surface area contributed by atoms with E-state index in [2.05, 4.69) is 9.97 Å². The van der Waals surface area contributed by atoms with Gasteiger partial charge in [-0.1, -0.05) is 23.7 Å². The normalized spacial score (nSPS) is 10.6. The molecule has 0 spiro atoms. The van der Waals surface area contributed by atoms with E-state index in [0.29, 0.717) is 0 Å². The van der Waals surface area contributed by atoms with Crippen LogP contribution < -0.4 is 0 Å². The summed E-state index contributed by atoms with van der Waals surface area (Å²) in [6, 6.07) is 13.5. The molecule has 0 saturated heterocycles. The van der Waals surface area contributed by atoms with Gasteiger partial charge in [0, 0.05) is 28.4 Å². The number of pyridine rings is 2. The Morgan fingerprint density at radius 2 is 1.76 bits per heavy atom. The molecule has 82 valence electrons. The van der Waals surface area contributed by atoms with E-state index >= 15 is 0 Å². The molecule has 2 aromatic heterocycles.